The average Bonchev–Trinajstić information content (AvgIpc) is 2.46. The fraction of sp³-hybridized carbons (Fsp3) is 0.364. The number of hydrogen-bond donors (Lipinski definition) is 1. The van der Waals surface area contributed by atoms with Crippen LogP contribution in [-0.4, -0.2) is 5.97 Å². The monoisotopic (exact) mass is 208 g/mol. The van der Waals surface area contributed by atoms with Gasteiger partial charge in [-0.1, -0.05) is 12.1 Å². The second-order valence-corrected chi connectivity index (χ2v) is 5.13. The van der Waals surface area contributed by atoms with Crippen LogP contribution in [0.4, 0.5) is 0 Å². The molecule has 0 N–H and O–H groups in total. The van der Waals surface area contributed by atoms with E-state index >= 15 is 0 Å². The van der Waals surface area contributed by atoms with Crippen molar-refractivity contribution in [3.8, 4) is 0 Å². The summed E-state index contributed by atoms with van der Waals surface area (Å²) in [5, 5.41) is 0. The first-order valence-electron chi connectivity index (χ1n) is 4.51. The molecule has 3 heteroatoms. The van der Waals surface area contributed by atoms with Gasteiger partial charge in [0.15, 0.2) is 0 Å². The van der Waals surface area contributed by atoms with Crippen molar-refractivity contribution >= 4 is 18.6 Å². The van der Waals surface area contributed by atoms with Crippen molar-refractivity contribution in [2.75, 3.05) is 0 Å². The van der Waals surface area contributed by atoms with Gasteiger partial charge in [-0.25, -0.2) is 4.79 Å². The van der Waals surface area contributed by atoms with Crippen LogP contribution in [0.2, 0.25) is 0 Å². The highest BCUT2D eigenvalue weighted by Gasteiger charge is 2.23. The van der Waals surface area contributed by atoms with Gasteiger partial charge in [-0.3, -0.25) is 0 Å². The molecule has 0 fully saturated rings. The summed E-state index contributed by atoms with van der Waals surface area (Å²) in [4.78, 5) is 11.2. The molecule has 0 aromatic heterocycles. The van der Waals surface area contributed by atoms with Gasteiger partial charge in [-0.15, -0.1) is 0 Å². The van der Waals surface area contributed by atoms with Gasteiger partial charge in [0.05, 0.1) is 5.56 Å². The lowest BCUT2D eigenvalue weighted by Gasteiger charge is -2.18. The maximum atomic E-state index is 11.2. The standard InChI is InChI=1S/C11H12O2S/c1-11(2,14)8-3-4-9-7(5-8)6-13-10(9)12/h3-5,14H,6H2,1-2H3. The normalized spacial score (nSPS) is 15.2. The number of esters is 1. The Hall–Kier alpha value is -0.960. The van der Waals surface area contributed by atoms with Crippen LogP contribution in [0.5, 0.6) is 0 Å². The zero-order valence-corrected chi connectivity index (χ0v) is 9.10. The van der Waals surface area contributed by atoms with E-state index in [2.05, 4.69) is 12.6 Å². The first-order chi connectivity index (χ1) is 6.48. The molecular weight excluding hydrogens is 196 g/mol. The molecule has 0 amide bonds. The van der Waals surface area contributed by atoms with E-state index in [9.17, 15) is 4.79 Å². The highest BCUT2D eigenvalue weighted by molar-refractivity contribution is 7.81. The number of thiol groups is 1. The molecule has 0 aliphatic carbocycles. The van der Waals surface area contributed by atoms with E-state index in [-0.39, 0.29) is 10.7 Å². The third-order valence-electron chi connectivity index (χ3n) is 2.39. The fourth-order valence-electron chi connectivity index (χ4n) is 1.51. The zero-order chi connectivity index (χ0) is 10.3. The van der Waals surface area contributed by atoms with Gasteiger partial charge in [-0.2, -0.15) is 12.6 Å². The topological polar surface area (TPSA) is 26.3 Å². The van der Waals surface area contributed by atoms with E-state index in [1.807, 2.05) is 32.0 Å². The van der Waals surface area contributed by atoms with Crippen molar-refractivity contribution < 1.29 is 9.53 Å². The molecule has 0 bridgehead atoms. The first-order valence-corrected chi connectivity index (χ1v) is 4.96. The number of carbonyl (C=O) groups is 1. The maximum absolute atomic E-state index is 11.2. The highest BCUT2D eigenvalue weighted by atomic mass is 32.1. The Balaban J connectivity index is 2.47. The summed E-state index contributed by atoms with van der Waals surface area (Å²) in [5.41, 5.74) is 2.76. The summed E-state index contributed by atoms with van der Waals surface area (Å²) >= 11 is 4.48. The summed E-state index contributed by atoms with van der Waals surface area (Å²) in [6.07, 6.45) is 0. The van der Waals surface area contributed by atoms with E-state index < -0.39 is 0 Å². The molecule has 1 aliphatic rings. The van der Waals surface area contributed by atoms with Crippen molar-refractivity contribution in [2.24, 2.45) is 0 Å². The summed E-state index contributed by atoms with van der Waals surface area (Å²) in [7, 11) is 0. The quantitative estimate of drug-likeness (QED) is 0.567. The first kappa shape index (κ1) is 9.59. The van der Waals surface area contributed by atoms with Crippen molar-refractivity contribution in [3.63, 3.8) is 0 Å². The number of cyclic esters (lactones) is 1. The minimum absolute atomic E-state index is 0.180. The van der Waals surface area contributed by atoms with Crippen LogP contribution < -0.4 is 0 Å². The van der Waals surface area contributed by atoms with Crippen molar-refractivity contribution in [1.82, 2.24) is 0 Å². The number of rotatable bonds is 1. The lowest BCUT2D eigenvalue weighted by Crippen LogP contribution is -2.08. The Morgan fingerprint density at radius 3 is 2.79 bits per heavy atom. The van der Waals surface area contributed by atoms with Crippen molar-refractivity contribution in [1.29, 1.82) is 0 Å². The number of hydrogen-bond acceptors (Lipinski definition) is 3. The number of benzene rings is 1. The maximum Gasteiger partial charge on any atom is 0.338 e. The van der Waals surface area contributed by atoms with Crippen LogP contribution in [0.25, 0.3) is 0 Å². The Morgan fingerprint density at radius 1 is 1.43 bits per heavy atom. The molecule has 1 aliphatic heterocycles. The van der Waals surface area contributed by atoms with Crippen LogP contribution in [0.3, 0.4) is 0 Å². The predicted molar refractivity (Wildman–Crippen MR) is 57.6 cm³/mol. The molecule has 0 atom stereocenters. The van der Waals surface area contributed by atoms with Gasteiger partial charge in [0.1, 0.15) is 6.61 Å². The van der Waals surface area contributed by atoms with Crippen LogP contribution in [-0.2, 0) is 16.1 Å². The van der Waals surface area contributed by atoms with Crippen molar-refractivity contribution in [2.45, 2.75) is 25.2 Å². The van der Waals surface area contributed by atoms with Crippen LogP contribution in [0, 0.1) is 0 Å². The van der Waals surface area contributed by atoms with Crippen LogP contribution in [0.1, 0.15) is 35.3 Å². The summed E-state index contributed by atoms with van der Waals surface area (Å²) in [5.74, 6) is -0.219. The van der Waals surface area contributed by atoms with Crippen LogP contribution >= 0.6 is 12.6 Å². The highest BCUT2D eigenvalue weighted by Crippen LogP contribution is 2.30. The van der Waals surface area contributed by atoms with Gasteiger partial charge < -0.3 is 4.74 Å². The van der Waals surface area contributed by atoms with Gasteiger partial charge in [0.25, 0.3) is 0 Å². The SMILES string of the molecule is CC(C)(S)c1ccc2c(c1)COC2=O. The minimum Gasteiger partial charge on any atom is -0.457 e. The molecule has 0 radical (unpaired) electrons. The Labute approximate surface area is 88.7 Å². The lowest BCUT2D eigenvalue weighted by molar-refractivity contribution is 0.0535. The molecule has 2 nitrogen and oxygen atoms in total. The van der Waals surface area contributed by atoms with E-state index in [4.69, 9.17) is 4.74 Å². The molecule has 0 unspecified atom stereocenters. The molecule has 0 saturated heterocycles. The van der Waals surface area contributed by atoms with E-state index in [0.29, 0.717) is 12.2 Å². The van der Waals surface area contributed by atoms with Crippen molar-refractivity contribution in [3.05, 3.63) is 34.9 Å². The van der Waals surface area contributed by atoms with E-state index in [1.54, 1.807) is 0 Å². The molecule has 14 heavy (non-hydrogen) atoms. The van der Waals surface area contributed by atoms with Gasteiger partial charge in [0, 0.05) is 10.3 Å². The third-order valence-corrected chi connectivity index (χ3v) is 2.65. The number of carbonyl (C=O) groups excluding carboxylic acids is 1. The van der Waals surface area contributed by atoms with Gasteiger partial charge in [0.2, 0.25) is 0 Å². The molecule has 74 valence electrons. The Morgan fingerprint density at radius 2 is 2.14 bits per heavy atom. The number of fused-ring (bicyclic) bond motifs is 1. The molecule has 0 spiro atoms. The van der Waals surface area contributed by atoms with Gasteiger partial charge >= 0.3 is 5.97 Å². The number of ether oxygens (including phenoxy) is 1. The molecule has 1 aromatic rings. The average molecular weight is 208 g/mol. The second-order valence-electron chi connectivity index (χ2n) is 4.01. The predicted octanol–water partition coefficient (Wildman–Crippen LogP) is 2.52. The molecule has 2 rings (SSSR count). The largest absolute Gasteiger partial charge is 0.457 e. The summed E-state index contributed by atoms with van der Waals surface area (Å²) in [6.45, 7) is 4.44. The Kier molecular flexibility index (Phi) is 2.07. The lowest BCUT2D eigenvalue weighted by atomic mass is 9.98. The smallest absolute Gasteiger partial charge is 0.338 e. The Bertz CT molecular complexity index is 391. The van der Waals surface area contributed by atoms with Gasteiger partial charge in [-0.05, 0) is 25.5 Å². The molecule has 1 heterocycles. The van der Waals surface area contributed by atoms with E-state index in [1.165, 1.54) is 0 Å². The fourth-order valence-corrected chi connectivity index (χ4v) is 1.65. The zero-order valence-electron chi connectivity index (χ0n) is 8.20. The van der Waals surface area contributed by atoms with Crippen LogP contribution in [0.15, 0.2) is 18.2 Å². The summed E-state index contributed by atoms with van der Waals surface area (Å²) < 4.78 is 4.75. The molecular formula is C11H12O2S. The second kappa shape index (κ2) is 3.02. The van der Waals surface area contributed by atoms with E-state index in [0.717, 1.165) is 11.1 Å². The minimum atomic E-state index is -0.219. The summed E-state index contributed by atoms with van der Waals surface area (Å²) in [6, 6.07) is 5.74. The third kappa shape index (κ3) is 1.52. The molecule has 1 aromatic carbocycles. The molecule has 0 saturated carbocycles.